The van der Waals surface area contributed by atoms with Crippen LogP contribution >= 0.6 is 0 Å². The Morgan fingerprint density at radius 2 is 2.27 bits per heavy atom. The predicted octanol–water partition coefficient (Wildman–Crippen LogP) is 2.61. The monoisotopic (exact) mass is 204 g/mol. The van der Waals surface area contributed by atoms with Gasteiger partial charge in [-0.3, -0.25) is 0 Å². The molecule has 0 atom stereocenters. The van der Waals surface area contributed by atoms with Crippen LogP contribution in [-0.2, 0) is 6.42 Å². The van der Waals surface area contributed by atoms with Crippen molar-refractivity contribution in [2.24, 2.45) is 0 Å². The fourth-order valence-corrected chi connectivity index (χ4v) is 1.65. The van der Waals surface area contributed by atoms with E-state index in [1.165, 1.54) is 0 Å². The summed E-state index contributed by atoms with van der Waals surface area (Å²) in [6, 6.07) is 4.98. The molecule has 0 saturated carbocycles. The summed E-state index contributed by atoms with van der Waals surface area (Å²) in [6.07, 6.45) is 3.73. The van der Waals surface area contributed by atoms with Gasteiger partial charge in [0, 0.05) is 0 Å². The average molecular weight is 204 g/mol. The number of aryl methyl sites for hydroxylation is 1. The van der Waals surface area contributed by atoms with E-state index in [-0.39, 0.29) is 0 Å². The molecule has 2 rings (SSSR count). The molecule has 0 aromatic heterocycles. The van der Waals surface area contributed by atoms with Gasteiger partial charge in [-0.05, 0) is 49.6 Å². The third-order valence-electron chi connectivity index (χ3n) is 2.42. The smallest absolute Gasteiger partial charge is 0.335 e. The molecular formula is C12H12O3. The van der Waals surface area contributed by atoms with Gasteiger partial charge in [0.05, 0.1) is 11.3 Å². The quantitative estimate of drug-likeness (QED) is 0.764. The molecular weight excluding hydrogens is 192 g/mol. The minimum absolute atomic E-state index is 0.317. The van der Waals surface area contributed by atoms with Crippen molar-refractivity contribution in [2.45, 2.75) is 19.8 Å². The van der Waals surface area contributed by atoms with Gasteiger partial charge in [0.2, 0.25) is 0 Å². The van der Waals surface area contributed by atoms with E-state index < -0.39 is 5.97 Å². The van der Waals surface area contributed by atoms with E-state index in [1.54, 1.807) is 18.2 Å². The van der Waals surface area contributed by atoms with Gasteiger partial charge >= 0.3 is 5.97 Å². The topological polar surface area (TPSA) is 46.5 Å². The molecule has 0 unspecified atom stereocenters. The third kappa shape index (κ3) is 2.01. The number of carboxylic acids is 1. The third-order valence-corrected chi connectivity index (χ3v) is 2.42. The minimum atomic E-state index is -0.897. The maximum absolute atomic E-state index is 10.8. The van der Waals surface area contributed by atoms with Crippen LogP contribution in [0.5, 0.6) is 5.75 Å². The molecule has 15 heavy (non-hydrogen) atoms. The Morgan fingerprint density at radius 1 is 1.47 bits per heavy atom. The average Bonchev–Trinajstić information content (AvgIpc) is 2.37. The zero-order valence-corrected chi connectivity index (χ0v) is 8.49. The second kappa shape index (κ2) is 3.77. The minimum Gasteiger partial charge on any atom is -0.478 e. The molecule has 1 N–H and O–H groups in total. The van der Waals surface area contributed by atoms with Crippen LogP contribution in [0, 0.1) is 0 Å². The molecule has 0 radical (unpaired) electrons. The second-order valence-corrected chi connectivity index (χ2v) is 3.58. The van der Waals surface area contributed by atoms with E-state index >= 15 is 0 Å². The molecule has 0 aliphatic carbocycles. The molecule has 0 spiro atoms. The van der Waals surface area contributed by atoms with E-state index in [0.717, 1.165) is 29.9 Å². The number of carboxylic acid groups (broad SMARTS) is 1. The number of allylic oxidation sites excluding steroid dienone is 2. The summed E-state index contributed by atoms with van der Waals surface area (Å²) < 4.78 is 5.56. The number of hydrogen-bond acceptors (Lipinski definition) is 2. The summed E-state index contributed by atoms with van der Waals surface area (Å²) in [5.74, 6) is 0.745. The molecule has 1 aliphatic rings. The zero-order chi connectivity index (χ0) is 10.8. The molecule has 0 bridgehead atoms. The first-order valence-electron chi connectivity index (χ1n) is 4.87. The van der Waals surface area contributed by atoms with Crippen LogP contribution < -0.4 is 4.74 Å². The zero-order valence-electron chi connectivity index (χ0n) is 8.49. The summed E-state index contributed by atoms with van der Waals surface area (Å²) in [5, 5.41) is 8.85. The molecule has 1 aliphatic heterocycles. The van der Waals surface area contributed by atoms with Crippen molar-refractivity contribution in [3.63, 3.8) is 0 Å². The van der Waals surface area contributed by atoms with Crippen molar-refractivity contribution < 1.29 is 14.6 Å². The van der Waals surface area contributed by atoms with Crippen LogP contribution in [0.1, 0.15) is 29.3 Å². The first-order chi connectivity index (χ1) is 7.16. The molecule has 1 heterocycles. The lowest BCUT2D eigenvalue weighted by Crippen LogP contribution is -1.99. The van der Waals surface area contributed by atoms with Gasteiger partial charge in [-0.2, -0.15) is 0 Å². The lowest BCUT2D eigenvalue weighted by atomic mass is 10.1. The molecule has 3 heteroatoms. The molecule has 0 saturated heterocycles. The summed E-state index contributed by atoms with van der Waals surface area (Å²) in [5.41, 5.74) is 1.28. The van der Waals surface area contributed by atoms with Gasteiger partial charge in [-0.15, -0.1) is 0 Å². The Hall–Kier alpha value is -1.77. The fourth-order valence-electron chi connectivity index (χ4n) is 1.65. The maximum Gasteiger partial charge on any atom is 0.335 e. The van der Waals surface area contributed by atoms with Crippen LogP contribution in [0.4, 0.5) is 0 Å². The van der Waals surface area contributed by atoms with Crippen molar-refractivity contribution in [1.82, 2.24) is 0 Å². The highest BCUT2D eigenvalue weighted by Crippen LogP contribution is 2.26. The Morgan fingerprint density at radius 3 is 3.00 bits per heavy atom. The van der Waals surface area contributed by atoms with E-state index in [1.807, 2.05) is 13.0 Å². The van der Waals surface area contributed by atoms with Crippen molar-refractivity contribution in [3.05, 3.63) is 41.2 Å². The highest BCUT2D eigenvalue weighted by Gasteiger charge is 2.11. The summed E-state index contributed by atoms with van der Waals surface area (Å²) in [7, 11) is 0. The SMILES string of the molecule is CC1=CCCc2cc(C(=O)O)ccc2O1. The molecule has 1 aromatic rings. The normalized spacial score (nSPS) is 14.6. The highest BCUT2D eigenvalue weighted by molar-refractivity contribution is 5.88. The number of rotatable bonds is 1. The Bertz CT molecular complexity index is 432. The van der Waals surface area contributed by atoms with E-state index in [4.69, 9.17) is 9.84 Å². The van der Waals surface area contributed by atoms with Gasteiger partial charge in [0.25, 0.3) is 0 Å². The van der Waals surface area contributed by atoms with E-state index in [0.29, 0.717) is 5.56 Å². The molecule has 3 nitrogen and oxygen atoms in total. The predicted molar refractivity (Wildman–Crippen MR) is 56.1 cm³/mol. The van der Waals surface area contributed by atoms with Crippen LogP contribution in [-0.4, -0.2) is 11.1 Å². The number of ether oxygens (including phenoxy) is 1. The van der Waals surface area contributed by atoms with Crippen molar-refractivity contribution >= 4 is 5.97 Å². The lowest BCUT2D eigenvalue weighted by Gasteiger charge is -2.08. The maximum atomic E-state index is 10.8. The highest BCUT2D eigenvalue weighted by atomic mass is 16.5. The largest absolute Gasteiger partial charge is 0.478 e. The first-order valence-corrected chi connectivity index (χ1v) is 4.87. The summed E-state index contributed by atoms with van der Waals surface area (Å²) >= 11 is 0. The van der Waals surface area contributed by atoms with Crippen molar-refractivity contribution in [2.75, 3.05) is 0 Å². The first kappa shape index (κ1) is 9.77. The van der Waals surface area contributed by atoms with Gasteiger partial charge < -0.3 is 9.84 Å². The number of fused-ring (bicyclic) bond motifs is 1. The van der Waals surface area contributed by atoms with Crippen molar-refractivity contribution in [3.8, 4) is 5.75 Å². The summed E-state index contributed by atoms with van der Waals surface area (Å²) in [4.78, 5) is 10.8. The number of aromatic carboxylic acids is 1. The van der Waals surface area contributed by atoms with Crippen LogP contribution in [0.25, 0.3) is 0 Å². The number of hydrogen-bond donors (Lipinski definition) is 1. The van der Waals surface area contributed by atoms with Crippen LogP contribution in [0.15, 0.2) is 30.0 Å². The molecule has 1 aromatic carbocycles. The van der Waals surface area contributed by atoms with Gasteiger partial charge in [-0.25, -0.2) is 4.79 Å². The Kier molecular flexibility index (Phi) is 2.46. The number of benzene rings is 1. The van der Waals surface area contributed by atoms with Gasteiger partial charge in [0.1, 0.15) is 5.75 Å². The fraction of sp³-hybridized carbons (Fsp3) is 0.250. The second-order valence-electron chi connectivity index (χ2n) is 3.58. The molecule has 0 fully saturated rings. The van der Waals surface area contributed by atoms with Gasteiger partial charge in [-0.1, -0.05) is 0 Å². The Labute approximate surface area is 88.0 Å². The lowest BCUT2D eigenvalue weighted by molar-refractivity contribution is 0.0697. The van der Waals surface area contributed by atoms with Crippen molar-refractivity contribution in [1.29, 1.82) is 0 Å². The van der Waals surface area contributed by atoms with Crippen LogP contribution in [0.3, 0.4) is 0 Å². The van der Waals surface area contributed by atoms with E-state index in [2.05, 4.69) is 0 Å². The van der Waals surface area contributed by atoms with Crippen LogP contribution in [0.2, 0.25) is 0 Å². The standard InChI is InChI=1S/C12H12O3/c1-8-3-2-4-9-7-10(12(13)14)5-6-11(9)15-8/h3,5-7H,2,4H2,1H3,(H,13,14). The summed E-state index contributed by atoms with van der Waals surface area (Å²) in [6.45, 7) is 1.90. The van der Waals surface area contributed by atoms with E-state index in [9.17, 15) is 4.79 Å². The Balaban J connectivity index is 2.39. The molecule has 0 amide bonds. The molecule has 78 valence electrons. The number of carbonyl (C=O) groups is 1. The van der Waals surface area contributed by atoms with Gasteiger partial charge in [0.15, 0.2) is 0 Å².